The summed E-state index contributed by atoms with van der Waals surface area (Å²) < 4.78 is 19.7. The van der Waals surface area contributed by atoms with Crippen LogP contribution in [0.4, 0.5) is 10.4 Å². The smallest absolute Gasteiger partial charge is 0.322 e. The van der Waals surface area contributed by atoms with Gasteiger partial charge in [0.2, 0.25) is 5.89 Å². The molecule has 0 saturated carbocycles. The highest BCUT2D eigenvalue weighted by molar-refractivity contribution is 9.10. The number of rotatable bonds is 3. The van der Waals surface area contributed by atoms with E-state index >= 15 is 0 Å². The fraction of sp³-hybridized carbons (Fsp3) is 0. The molecule has 0 unspecified atom stereocenters. The zero-order valence-corrected chi connectivity index (χ0v) is 12.7. The zero-order valence-electron chi connectivity index (χ0n) is 11.1. The van der Waals surface area contributed by atoms with Gasteiger partial charge in [0.1, 0.15) is 5.82 Å². The Morgan fingerprint density at radius 1 is 1.14 bits per heavy atom. The summed E-state index contributed by atoms with van der Waals surface area (Å²) in [6.07, 6.45) is 0. The first kappa shape index (κ1) is 14.4. The van der Waals surface area contributed by atoms with E-state index in [1.165, 1.54) is 18.2 Å². The summed E-state index contributed by atoms with van der Waals surface area (Å²) in [6, 6.07) is 12.8. The van der Waals surface area contributed by atoms with Gasteiger partial charge in [0.05, 0.1) is 5.56 Å². The molecule has 2 aromatic carbocycles. The van der Waals surface area contributed by atoms with Gasteiger partial charge >= 0.3 is 6.01 Å². The monoisotopic (exact) mass is 361 g/mol. The lowest BCUT2D eigenvalue weighted by molar-refractivity contribution is 0.102. The molecule has 3 aromatic rings. The molecule has 0 aliphatic carbocycles. The minimum Gasteiger partial charge on any atom is -0.403 e. The van der Waals surface area contributed by atoms with Gasteiger partial charge < -0.3 is 4.42 Å². The van der Waals surface area contributed by atoms with E-state index < -0.39 is 11.7 Å². The largest absolute Gasteiger partial charge is 0.403 e. The average Bonchev–Trinajstić information content (AvgIpc) is 2.96. The van der Waals surface area contributed by atoms with Crippen molar-refractivity contribution in [2.75, 3.05) is 5.32 Å². The van der Waals surface area contributed by atoms with Crippen molar-refractivity contribution in [1.82, 2.24) is 10.2 Å². The Morgan fingerprint density at radius 2 is 1.95 bits per heavy atom. The van der Waals surface area contributed by atoms with Gasteiger partial charge in [0.25, 0.3) is 5.91 Å². The van der Waals surface area contributed by atoms with Gasteiger partial charge in [-0.25, -0.2) is 4.39 Å². The number of amides is 1. The van der Waals surface area contributed by atoms with Crippen molar-refractivity contribution >= 4 is 27.9 Å². The van der Waals surface area contributed by atoms with Gasteiger partial charge in [-0.2, -0.15) is 0 Å². The molecule has 3 rings (SSSR count). The van der Waals surface area contributed by atoms with Crippen molar-refractivity contribution in [3.8, 4) is 11.5 Å². The molecule has 0 saturated heterocycles. The fourth-order valence-corrected chi connectivity index (χ4v) is 2.22. The first-order chi connectivity index (χ1) is 10.6. The van der Waals surface area contributed by atoms with Crippen molar-refractivity contribution in [3.05, 3.63) is 64.4 Å². The summed E-state index contributed by atoms with van der Waals surface area (Å²) in [4.78, 5) is 11.9. The fourth-order valence-electron chi connectivity index (χ4n) is 1.82. The number of carbonyl (C=O) groups is 1. The molecular formula is C15H9BrFN3O2. The summed E-state index contributed by atoms with van der Waals surface area (Å²) >= 11 is 3.34. The molecule has 1 heterocycles. The van der Waals surface area contributed by atoms with Gasteiger partial charge in [0.15, 0.2) is 0 Å². The second kappa shape index (κ2) is 6.07. The Bertz CT molecular complexity index is 835. The number of anilines is 1. The van der Waals surface area contributed by atoms with Crippen LogP contribution < -0.4 is 5.32 Å². The molecule has 0 aliphatic heterocycles. The molecule has 0 atom stereocenters. The van der Waals surface area contributed by atoms with E-state index in [2.05, 4.69) is 31.4 Å². The summed E-state index contributed by atoms with van der Waals surface area (Å²) in [6.45, 7) is 0. The maximum absolute atomic E-state index is 13.5. The lowest BCUT2D eigenvalue weighted by Gasteiger charge is -2.01. The van der Waals surface area contributed by atoms with Gasteiger partial charge in [-0.1, -0.05) is 39.2 Å². The summed E-state index contributed by atoms with van der Waals surface area (Å²) in [5.41, 5.74) is 0.609. The van der Waals surface area contributed by atoms with Crippen LogP contribution in [-0.4, -0.2) is 16.1 Å². The molecule has 7 heteroatoms. The van der Waals surface area contributed by atoms with Crippen LogP contribution in [0.5, 0.6) is 0 Å². The summed E-state index contributed by atoms with van der Waals surface area (Å²) in [5, 5.41) is 9.95. The van der Waals surface area contributed by atoms with Crippen LogP contribution in [0.2, 0.25) is 0 Å². The van der Waals surface area contributed by atoms with E-state index in [0.717, 1.165) is 4.47 Å². The van der Waals surface area contributed by atoms with Gasteiger partial charge in [-0.3, -0.25) is 10.1 Å². The van der Waals surface area contributed by atoms with Crippen LogP contribution in [-0.2, 0) is 0 Å². The topological polar surface area (TPSA) is 68.0 Å². The Balaban J connectivity index is 1.80. The molecule has 0 radical (unpaired) electrons. The molecule has 1 amide bonds. The molecule has 0 spiro atoms. The Kier molecular flexibility index (Phi) is 3.97. The van der Waals surface area contributed by atoms with E-state index in [-0.39, 0.29) is 17.5 Å². The van der Waals surface area contributed by atoms with E-state index in [1.807, 2.05) is 12.1 Å². The number of nitrogens with one attached hydrogen (secondary N) is 1. The predicted octanol–water partition coefficient (Wildman–Crippen LogP) is 3.89. The van der Waals surface area contributed by atoms with E-state index in [1.54, 1.807) is 18.2 Å². The van der Waals surface area contributed by atoms with Crippen molar-refractivity contribution in [2.45, 2.75) is 0 Å². The first-order valence-corrected chi connectivity index (χ1v) is 7.08. The highest BCUT2D eigenvalue weighted by Gasteiger charge is 2.15. The number of benzene rings is 2. The summed E-state index contributed by atoms with van der Waals surface area (Å²) in [5.74, 6) is -1.01. The minimum absolute atomic E-state index is 0.0929. The third kappa shape index (κ3) is 3.04. The van der Waals surface area contributed by atoms with Crippen LogP contribution in [0.3, 0.4) is 0 Å². The molecule has 5 nitrogen and oxygen atoms in total. The number of nitrogens with zero attached hydrogens (tertiary/aromatic N) is 2. The van der Waals surface area contributed by atoms with Gasteiger partial charge in [0, 0.05) is 10.0 Å². The molecular weight excluding hydrogens is 353 g/mol. The van der Waals surface area contributed by atoms with Crippen LogP contribution in [0.1, 0.15) is 10.4 Å². The van der Waals surface area contributed by atoms with Crippen LogP contribution in [0, 0.1) is 5.82 Å². The van der Waals surface area contributed by atoms with E-state index in [0.29, 0.717) is 5.56 Å². The van der Waals surface area contributed by atoms with Crippen molar-refractivity contribution in [3.63, 3.8) is 0 Å². The molecule has 110 valence electrons. The molecule has 1 aromatic heterocycles. The van der Waals surface area contributed by atoms with Crippen LogP contribution >= 0.6 is 15.9 Å². The second-order valence-electron chi connectivity index (χ2n) is 4.36. The number of aromatic nitrogens is 2. The third-order valence-electron chi connectivity index (χ3n) is 2.84. The quantitative estimate of drug-likeness (QED) is 0.768. The normalized spacial score (nSPS) is 10.5. The van der Waals surface area contributed by atoms with E-state index in [9.17, 15) is 9.18 Å². The first-order valence-electron chi connectivity index (χ1n) is 6.29. The number of carbonyl (C=O) groups excluding carboxylic acids is 1. The molecule has 0 aliphatic rings. The lowest BCUT2D eigenvalue weighted by atomic mass is 10.2. The Hall–Kier alpha value is -2.54. The molecule has 1 N–H and O–H groups in total. The lowest BCUT2D eigenvalue weighted by Crippen LogP contribution is -2.13. The maximum Gasteiger partial charge on any atom is 0.322 e. The minimum atomic E-state index is -0.650. The second-order valence-corrected chi connectivity index (χ2v) is 5.27. The Morgan fingerprint density at radius 3 is 2.73 bits per heavy atom. The maximum atomic E-state index is 13.5. The number of halogens is 2. The SMILES string of the molecule is O=C(Nc1nnc(-c2cccc(Br)c2)o1)c1ccccc1F. The molecule has 0 bridgehead atoms. The van der Waals surface area contributed by atoms with E-state index in [4.69, 9.17) is 4.42 Å². The summed E-state index contributed by atoms with van der Waals surface area (Å²) in [7, 11) is 0. The van der Waals surface area contributed by atoms with Gasteiger partial charge in [-0.05, 0) is 30.3 Å². The standard InChI is InChI=1S/C15H9BrFN3O2/c16-10-5-3-4-9(8-10)14-19-20-15(22-14)18-13(21)11-6-1-2-7-12(11)17/h1-8H,(H,18,20,21). The highest BCUT2D eigenvalue weighted by Crippen LogP contribution is 2.23. The van der Waals surface area contributed by atoms with Crippen molar-refractivity contribution in [2.24, 2.45) is 0 Å². The molecule has 22 heavy (non-hydrogen) atoms. The van der Waals surface area contributed by atoms with Gasteiger partial charge in [-0.15, -0.1) is 5.10 Å². The zero-order chi connectivity index (χ0) is 15.5. The average molecular weight is 362 g/mol. The van der Waals surface area contributed by atoms with Crippen LogP contribution in [0.15, 0.2) is 57.4 Å². The van der Waals surface area contributed by atoms with Crippen molar-refractivity contribution < 1.29 is 13.6 Å². The van der Waals surface area contributed by atoms with Crippen LogP contribution in [0.25, 0.3) is 11.5 Å². The number of hydrogen-bond acceptors (Lipinski definition) is 4. The predicted molar refractivity (Wildman–Crippen MR) is 81.8 cm³/mol. The third-order valence-corrected chi connectivity index (χ3v) is 3.33. The number of hydrogen-bond donors (Lipinski definition) is 1. The highest BCUT2D eigenvalue weighted by atomic mass is 79.9. The Labute approximate surface area is 133 Å². The molecule has 0 fully saturated rings. The van der Waals surface area contributed by atoms with Crippen molar-refractivity contribution in [1.29, 1.82) is 0 Å².